The molecule has 0 aliphatic carbocycles. The number of aromatic amines is 1. The summed E-state index contributed by atoms with van der Waals surface area (Å²) in [6.45, 7) is 0.287. The largest absolute Gasteiger partial charge is 0.493 e. The summed E-state index contributed by atoms with van der Waals surface area (Å²) in [6.07, 6.45) is 0.537. The molecule has 0 spiro atoms. The number of aromatic hydroxyl groups is 1. The summed E-state index contributed by atoms with van der Waals surface area (Å²) in [5.74, 6) is -0.339. The third-order valence-electron chi connectivity index (χ3n) is 4.33. The molecule has 0 fully saturated rings. The molecule has 28 heavy (non-hydrogen) atoms. The highest BCUT2D eigenvalue weighted by atomic mass is 35.5. The maximum Gasteiger partial charge on any atom is 0.254 e. The normalized spacial score (nSPS) is 11.8. The van der Waals surface area contributed by atoms with Crippen LogP contribution in [0.15, 0.2) is 65.5 Å². The molecule has 0 unspecified atom stereocenters. The Hall–Kier alpha value is -3.12. The molecule has 6 nitrogen and oxygen atoms in total. The third kappa shape index (κ3) is 5.20. The monoisotopic (exact) mass is 397 g/mol. The first-order valence-electron chi connectivity index (χ1n) is 8.88. The van der Waals surface area contributed by atoms with Gasteiger partial charge < -0.3 is 15.4 Å². The number of carbonyl (C=O) groups excluding carboxylic acids is 1. The number of aromatic nitrogens is 2. The fraction of sp³-hybridized carbons (Fsp3) is 0.190. The zero-order valence-corrected chi connectivity index (χ0v) is 15.8. The van der Waals surface area contributed by atoms with Crippen molar-refractivity contribution in [2.45, 2.75) is 18.8 Å². The lowest BCUT2D eigenvalue weighted by molar-refractivity contribution is -0.121. The Balaban J connectivity index is 1.68. The van der Waals surface area contributed by atoms with Crippen LogP contribution in [0.4, 0.5) is 0 Å². The second kappa shape index (κ2) is 9.19. The zero-order valence-electron chi connectivity index (χ0n) is 15.1. The first-order chi connectivity index (χ1) is 13.5. The van der Waals surface area contributed by atoms with Crippen molar-refractivity contribution >= 4 is 17.5 Å². The van der Waals surface area contributed by atoms with Gasteiger partial charge in [-0.25, -0.2) is 4.98 Å². The highest BCUT2D eigenvalue weighted by Crippen LogP contribution is 2.32. The molecule has 0 saturated carbocycles. The van der Waals surface area contributed by atoms with Gasteiger partial charge in [-0.2, -0.15) is 0 Å². The van der Waals surface area contributed by atoms with Crippen LogP contribution >= 0.6 is 11.6 Å². The van der Waals surface area contributed by atoms with E-state index in [9.17, 15) is 14.7 Å². The van der Waals surface area contributed by atoms with E-state index in [2.05, 4.69) is 15.3 Å². The summed E-state index contributed by atoms with van der Waals surface area (Å²) >= 11 is 6.37. The highest BCUT2D eigenvalue weighted by Gasteiger charge is 2.20. The van der Waals surface area contributed by atoms with Gasteiger partial charge in [-0.1, -0.05) is 60.1 Å². The Morgan fingerprint density at radius 1 is 1.14 bits per heavy atom. The topological polar surface area (TPSA) is 95.1 Å². The van der Waals surface area contributed by atoms with Gasteiger partial charge in [0, 0.05) is 30.3 Å². The van der Waals surface area contributed by atoms with Gasteiger partial charge in [0.25, 0.3) is 5.56 Å². The van der Waals surface area contributed by atoms with E-state index in [1.54, 1.807) is 0 Å². The number of rotatable bonds is 7. The molecule has 1 aromatic heterocycles. The summed E-state index contributed by atoms with van der Waals surface area (Å²) in [4.78, 5) is 30.2. The minimum absolute atomic E-state index is 0.142. The Morgan fingerprint density at radius 3 is 2.57 bits per heavy atom. The predicted molar refractivity (Wildman–Crippen MR) is 108 cm³/mol. The molecule has 2 aromatic carbocycles. The van der Waals surface area contributed by atoms with E-state index in [4.69, 9.17) is 11.6 Å². The standard InChI is InChI=1S/C21H20ClN3O3/c22-17-9-5-4-8-15(17)16(14-6-2-1-3-7-14)12-19(26)23-11-10-18-24-20(27)13-21(28)25-18/h1-9,13,16H,10-12H2,(H,23,26)(H2,24,25,27,28)/t16-/m0/s1. The van der Waals surface area contributed by atoms with Crippen molar-refractivity contribution < 1.29 is 9.90 Å². The second-order valence-corrected chi connectivity index (χ2v) is 6.75. The summed E-state index contributed by atoms with van der Waals surface area (Å²) in [5, 5.41) is 12.8. The molecule has 3 rings (SSSR count). The molecule has 0 radical (unpaired) electrons. The summed E-state index contributed by atoms with van der Waals surface area (Å²) < 4.78 is 0. The van der Waals surface area contributed by atoms with Crippen molar-refractivity contribution in [1.82, 2.24) is 15.3 Å². The molecule has 0 aliphatic heterocycles. The molecule has 1 amide bonds. The van der Waals surface area contributed by atoms with E-state index in [-0.39, 0.29) is 30.7 Å². The smallest absolute Gasteiger partial charge is 0.254 e. The number of nitrogens with zero attached hydrogens (tertiary/aromatic N) is 1. The molecule has 3 N–H and O–H groups in total. The maximum atomic E-state index is 12.5. The number of halogens is 1. The lowest BCUT2D eigenvalue weighted by Gasteiger charge is -2.19. The van der Waals surface area contributed by atoms with Crippen LogP contribution in [0.1, 0.15) is 29.3 Å². The molecule has 0 saturated heterocycles. The zero-order chi connectivity index (χ0) is 19.9. The van der Waals surface area contributed by atoms with Gasteiger partial charge in [0.1, 0.15) is 5.82 Å². The van der Waals surface area contributed by atoms with E-state index in [0.717, 1.165) is 17.2 Å². The van der Waals surface area contributed by atoms with Crippen molar-refractivity contribution in [1.29, 1.82) is 0 Å². The van der Waals surface area contributed by atoms with Crippen LogP contribution in [0.3, 0.4) is 0 Å². The summed E-state index contributed by atoms with van der Waals surface area (Å²) in [7, 11) is 0. The van der Waals surface area contributed by atoms with Gasteiger partial charge in [-0.3, -0.25) is 9.59 Å². The SMILES string of the molecule is O=C(C[C@@H](c1ccccc1)c1ccccc1Cl)NCCc1nc(O)cc(=O)[nH]1. The maximum absolute atomic E-state index is 12.5. The van der Waals surface area contributed by atoms with E-state index in [1.807, 2.05) is 54.6 Å². The fourth-order valence-electron chi connectivity index (χ4n) is 3.04. The number of hydrogen-bond donors (Lipinski definition) is 3. The summed E-state index contributed by atoms with van der Waals surface area (Å²) in [5.41, 5.74) is 1.46. The first-order valence-corrected chi connectivity index (χ1v) is 9.26. The Labute approximate surface area is 167 Å². The average molecular weight is 398 g/mol. The van der Waals surface area contributed by atoms with Gasteiger partial charge in [-0.15, -0.1) is 0 Å². The second-order valence-electron chi connectivity index (χ2n) is 6.34. The van der Waals surface area contributed by atoms with E-state index >= 15 is 0 Å². The summed E-state index contributed by atoms with van der Waals surface area (Å²) in [6, 6.07) is 18.2. The van der Waals surface area contributed by atoms with Crippen LogP contribution in [-0.4, -0.2) is 27.5 Å². The van der Waals surface area contributed by atoms with Crippen molar-refractivity contribution in [3.05, 3.63) is 93.0 Å². The molecule has 3 aromatic rings. The van der Waals surface area contributed by atoms with Gasteiger partial charge in [0.2, 0.25) is 11.8 Å². The minimum Gasteiger partial charge on any atom is -0.493 e. The lowest BCUT2D eigenvalue weighted by Crippen LogP contribution is -2.28. The van der Waals surface area contributed by atoms with Crippen molar-refractivity contribution in [3.63, 3.8) is 0 Å². The van der Waals surface area contributed by atoms with Crippen molar-refractivity contribution in [2.24, 2.45) is 0 Å². The van der Waals surface area contributed by atoms with Crippen LogP contribution in [0.2, 0.25) is 5.02 Å². The van der Waals surface area contributed by atoms with Crippen LogP contribution in [0.25, 0.3) is 0 Å². The highest BCUT2D eigenvalue weighted by molar-refractivity contribution is 6.31. The molecular weight excluding hydrogens is 378 g/mol. The molecule has 1 heterocycles. The Kier molecular flexibility index (Phi) is 6.45. The Morgan fingerprint density at radius 2 is 1.86 bits per heavy atom. The van der Waals surface area contributed by atoms with Gasteiger partial charge in [0.05, 0.1) is 6.07 Å². The number of carbonyl (C=O) groups is 1. The quantitative estimate of drug-likeness (QED) is 0.571. The Bertz CT molecular complexity index is 1010. The van der Waals surface area contributed by atoms with Crippen LogP contribution in [0.5, 0.6) is 5.88 Å². The fourth-order valence-corrected chi connectivity index (χ4v) is 3.31. The van der Waals surface area contributed by atoms with Gasteiger partial charge in [-0.05, 0) is 17.2 Å². The molecule has 0 aliphatic rings. The molecular formula is C21H20ClN3O3. The minimum atomic E-state index is -0.434. The lowest BCUT2D eigenvalue weighted by atomic mass is 9.88. The van der Waals surface area contributed by atoms with Gasteiger partial charge >= 0.3 is 0 Å². The van der Waals surface area contributed by atoms with Crippen LogP contribution in [0, 0.1) is 0 Å². The number of benzene rings is 2. The number of amides is 1. The molecule has 1 atom stereocenters. The number of nitrogens with one attached hydrogen (secondary N) is 2. The predicted octanol–water partition coefficient (Wildman–Crippen LogP) is 3.01. The van der Waals surface area contributed by atoms with Crippen LogP contribution < -0.4 is 10.9 Å². The van der Waals surface area contributed by atoms with Crippen molar-refractivity contribution in [3.8, 4) is 5.88 Å². The van der Waals surface area contributed by atoms with Crippen molar-refractivity contribution in [2.75, 3.05) is 6.54 Å². The van der Waals surface area contributed by atoms with E-state index < -0.39 is 5.56 Å². The van der Waals surface area contributed by atoms with Crippen LogP contribution in [-0.2, 0) is 11.2 Å². The molecule has 144 valence electrons. The van der Waals surface area contributed by atoms with E-state index in [1.165, 1.54) is 0 Å². The number of H-pyrrole nitrogens is 1. The third-order valence-corrected chi connectivity index (χ3v) is 4.68. The molecule has 7 heteroatoms. The first kappa shape index (κ1) is 19.6. The van der Waals surface area contributed by atoms with E-state index in [0.29, 0.717) is 17.3 Å². The molecule has 0 bridgehead atoms. The number of hydrogen-bond acceptors (Lipinski definition) is 4. The van der Waals surface area contributed by atoms with Gasteiger partial charge in [0.15, 0.2) is 0 Å². The average Bonchev–Trinajstić information content (AvgIpc) is 2.67.